The number of hydrogen-bond acceptors (Lipinski definition) is 6. The van der Waals surface area contributed by atoms with Crippen molar-refractivity contribution in [3.63, 3.8) is 0 Å². The van der Waals surface area contributed by atoms with Gasteiger partial charge in [-0.15, -0.1) is 5.10 Å². The molecule has 3 aromatic rings. The number of ether oxygens (including phenoxy) is 1. The molecule has 0 saturated carbocycles. The molecule has 0 radical (unpaired) electrons. The van der Waals surface area contributed by atoms with E-state index in [1.54, 1.807) is 16.8 Å². The summed E-state index contributed by atoms with van der Waals surface area (Å²) in [6.45, 7) is 2.58. The molecular weight excluding hydrogens is 524 g/mol. The summed E-state index contributed by atoms with van der Waals surface area (Å²) < 4.78 is 7.16. The van der Waals surface area contributed by atoms with Gasteiger partial charge in [0.2, 0.25) is 0 Å². The predicted octanol–water partition coefficient (Wildman–Crippen LogP) is 4.70. The first-order valence-corrected chi connectivity index (χ1v) is 13.4. The Bertz CT molecular complexity index is 1390. The second-order valence-electron chi connectivity index (χ2n) is 8.23. The number of amidine groups is 1. The second kappa shape index (κ2) is 10.7. The largest absolute Gasteiger partial charge is 0.488 e. The molecule has 1 atom stereocenters. The van der Waals surface area contributed by atoms with Crippen LogP contribution in [-0.2, 0) is 11.4 Å². The first-order valence-electron chi connectivity index (χ1n) is 11.6. The van der Waals surface area contributed by atoms with E-state index in [0.717, 1.165) is 44.8 Å². The van der Waals surface area contributed by atoms with Crippen LogP contribution in [0.3, 0.4) is 0 Å². The normalized spacial score (nSPS) is 16.6. The highest BCUT2D eigenvalue weighted by atomic mass is 79.9. The number of rotatable bonds is 7. The molecule has 3 aromatic carbocycles. The van der Waals surface area contributed by atoms with E-state index in [-0.39, 0.29) is 5.91 Å². The third-order valence-corrected chi connectivity index (χ3v) is 7.18. The van der Waals surface area contributed by atoms with Gasteiger partial charge in [-0.25, -0.2) is 5.01 Å². The van der Waals surface area contributed by atoms with Crippen LogP contribution in [0.4, 0.5) is 0 Å². The van der Waals surface area contributed by atoms with E-state index in [1.807, 2.05) is 72.8 Å². The lowest BCUT2D eigenvalue weighted by Crippen LogP contribution is -2.50. The Balaban J connectivity index is 1.58. The minimum absolute atomic E-state index is 0.173. The van der Waals surface area contributed by atoms with Gasteiger partial charge in [0.25, 0.3) is 5.91 Å². The molecule has 178 valence electrons. The Morgan fingerprint density at radius 2 is 1.89 bits per heavy atom. The van der Waals surface area contributed by atoms with Crippen molar-refractivity contribution in [1.29, 1.82) is 0 Å². The molecule has 0 spiro atoms. The van der Waals surface area contributed by atoms with E-state index in [2.05, 4.69) is 28.2 Å². The summed E-state index contributed by atoms with van der Waals surface area (Å²) in [4.78, 5) is 18.3. The molecular formula is C27H25BrN4O2S. The third-order valence-electron chi connectivity index (χ3n) is 5.74. The maximum atomic E-state index is 13.3. The van der Waals surface area contributed by atoms with E-state index in [1.165, 1.54) is 0 Å². The second-order valence-corrected chi connectivity index (χ2v) is 10.2. The molecule has 1 unspecified atom stereocenters. The number of hydrogen-bond donors (Lipinski definition) is 1. The average Bonchev–Trinajstić information content (AvgIpc) is 2.88. The zero-order chi connectivity index (χ0) is 24.2. The van der Waals surface area contributed by atoms with Crippen molar-refractivity contribution < 1.29 is 9.53 Å². The molecule has 1 N–H and O–H groups in total. The minimum atomic E-state index is -0.545. The zero-order valence-corrected chi connectivity index (χ0v) is 21.7. The van der Waals surface area contributed by atoms with Gasteiger partial charge in [-0.1, -0.05) is 89.6 Å². The summed E-state index contributed by atoms with van der Waals surface area (Å²) in [5, 5.41) is 11.7. The number of para-hydroxylation sites is 1. The van der Waals surface area contributed by atoms with Crippen LogP contribution < -0.4 is 20.6 Å². The molecule has 1 amide bonds. The lowest BCUT2D eigenvalue weighted by molar-refractivity contribution is -0.116. The van der Waals surface area contributed by atoms with Gasteiger partial charge in [0.15, 0.2) is 11.3 Å². The molecule has 0 aliphatic carbocycles. The van der Waals surface area contributed by atoms with Crippen LogP contribution in [0.5, 0.6) is 5.75 Å². The van der Waals surface area contributed by atoms with Crippen LogP contribution in [0.15, 0.2) is 87.4 Å². The van der Waals surface area contributed by atoms with E-state index in [0.29, 0.717) is 23.2 Å². The van der Waals surface area contributed by atoms with E-state index >= 15 is 0 Å². The lowest BCUT2D eigenvalue weighted by atomic mass is 10.1. The zero-order valence-electron chi connectivity index (χ0n) is 19.3. The summed E-state index contributed by atoms with van der Waals surface area (Å²) in [6, 6.07) is 23.6. The van der Waals surface area contributed by atoms with Crippen molar-refractivity contribution in [3.8, 4) is 5.75 Å². The van der Waals surface area contributed by atoms with Gasteiger partial charge in [-0.3, -0.25) is 15.1 Å². The highest BCUT2D eigenvalue weighted by molar-refractivity contribution is 9.10. The SMILES string of the molecule is CCCCSC1=NN2C(=c3ccccc3=NC2c2cc(Br)ccc2OCc2ccccc2)C(=O)N1. The average molecular weight is 549 g/mol. The number of carbonyl (C=O) groups excluding carboxylic acids is 1. The summed E-state index contributed by atoms with van der Waals surface area (Å²) >= 11 is 5.16. The molecule has 2 heterocycles. The van der Waals surface area contributed by atoms with Crippen molar-refractivity contribution in [2.75, 3.05) is 5.75 Å². The molecule has 5 rings (SSSR count). The van der Waals surface area contributed by atoms with Crippen LogP contribution in [-0.4, -0.2) is 21.8 Å². The van der Waals surface area contributed by atoms with E-state index in [9.17, 15) is 4.79 Å². The fraction of sp³-hybridized carbons (Fsp3) is 0.222. The van der Waals surface area contributed by atoms with E-state index in [4.69, 9.17) is 14.8 Å². The third kappa shape index (κ3) is 5.13. The van der Waals surface area contributed by atoms with Crippen LogP contribution in [0.1, 0.15) is 37.1 Å². The Labute approximate surface area is 216 Å². The van der Waals surface area contributed by atoms with Crippen LogP contribution in [0.25, 0.3) is 5.70 Å². The summed E-state index contributed by atoms with van der Waals surface area (Å²) in [5.74, 6) is 1.42. The summed E-state index contributed by atoms with van der Waals surface area (Å²) in [7, 11) is 0. The first-order chi connectivity index (χ1) is 17.1. The van der Waals surface area contributed by atoms with Gasteiger partial charge < -0.3 is 4.74 Å². The van der Waals surface area contributed by atoms with Crippen molar-refractivity contribution in [3.05, 3.63) is 99.0 Å². The molecule has 35 heavy (non-hydrogen) atoms. The Morgan fingerprint density at radius 3 is 2.71 bits per heavy atom. The molecule has 6 nitrogen and oxygen atoms in total. The van der Waals surface area contributed by atoms with Crippen molar-refractivity contribution in [2.45, 2.75) is 32.5 Å². The molecule has 0 bridgehead atoms. The smallest absolute Gasteiger partial charge is 0.276 e. The number of nitrogens with one attached hydrogen (secondary N) is 1. The summed E-state index contributed by atoms with van der Waals surface area (Å²) in [5.41, 5.74) is 2.40. The molecule has 0 fully saturated rings. The minimum Gasteiger partial charge on any atom is -0.488 e. The maximum Gasteiger partial charge on any atom is 0.276 e. The first kappa shape index (κ1) is 23.6. The van der Waals surface area contributed by atoms with Gasteiger partial charge in [0, 0.05) is 21.0 Å². The number of unbranched alkanes of at least 4 members (excludes halogenated alkanes) is 1. The molecule has 0 aromatic heterocycles. The molecule has 2 aliphatic heterocycles. The number of amides is 1. The van der Waals surface area contributed by atoms with Gasteiger partial charge in [-0.2, -0.15) is 0 Å². The van der Waals surface area contributed by atoms with Gasteiger partial charge >= 0.3 is 0 Å². The highest BCUT2D eigenvalue weighted by Gasteiger charge is 2.35. The topological polar surface area (TPSA) is 66.3 Å². The molecule has 0 saturated heterocycles. The molecule has 2 aliphatic rings. The van der Waals surface area contributed by atoms with Crippen molar-refractivity contribution in [2.24, 2.45) is 10.1 Å². The number of carbonyl (C=O) groups is 1. The highest BCUT2D eigenvalue weighted by Crippen LogP contribution is 2.37. The fourth-order valence-electron chi connectivity index (χ4n) is 4.00. The van der Waals surface area contributed by atoms with Crippen molar-refractivity contribution >= 4 is 44.5 Å². The lowest BCUT2D eigenvalue weighted by Gasteiger charge is -2.34. The van der Waals surface area contributed by atoms with Gasteiger partial charge in [0.1, 0.15) is 18.1 Å². The number of fused-ring (bicyclic) bond motifs is 2. The monoisotopic (exact) mass is 548 g/mol. The summed E-state index contributed by atoms with van der Waals surface area (Å²) in [6.07, 6.45) is 1.59. The van der Waals surface area contributed by atoms with Crippen molar-refractivity contribution in [1.82, 2.24) is 10.3 Å². The van der Waals surface area contributed by atoms with Gasteiger partial charge in [0.05, 0.1) is 5.36 Å². The Kier molecular flexibility index (Phi) is 7.20. The maximum absolute atomic E-state index is 13.3. The Morgan fingerprint density at radius 1 is 1.09 bits per heavy atom. The number of nitrogens with zero attached hydrogens (tertiary/aromatic N) is 3. The number of hydrazone groups is 1. The number of halogens is 1. The number of benzene rings is 3. The molecule has 8 heteroatoms. The van der Waals surface area contributed by atoms with Crippen LogP contribution >= 0.6 is 27.7 Å². The predicted molar refractivity (Wildman–Crippen MR) is 143 cm³/mol. The standard InChI is InChI=1S/C27H25BrN4O2S/c1-2-3-15-35-27-30-26(33)24-20-11-7-8-12-22(20)29-25(32(24)31-27)21-16-19(28)13-14-23(21)34-17-18-9-5-4-6-10-18/h4-14,16,25H,2-3,15,17H2,1H3,(H,30,31,33). The van der Waals surface area contributed by atoms with E-state index < -0.39 is 6.17 Å². The Hall–Kier alpha value is -3.10. The number of thioether (sulfide) groups is 1. The van der Waals surface area contributed by atoms with Gasteiger partial charge in [-0.05, 0) is 36.2 Å². The quantitative estimate of drug-likeness (QED) is 0.434. The van der Waals surface area contributed by atoms with Crippen LogP contribution in [0.2, 0.25) is 0 Å². The van der Waals surface area contributed by atoms with Crippen LogP contribution in [0, 0.1) is 0 Å². The fourth-order valence-corrected chi connectivity index (χ4v) is 5.31.